The molecule has 5 heterocycles. The summed E-state index contributed by atoms with van der Waals surface area (Å²) in [5, 5.41) is 2.22. The zero-order chi connectivity index (χ0) is 25.9. The van der Waals surface area contributed by atoms with Gasteiger partial charge in [-0.05, 0) is 42.5 Å². The van der Waals surface area contributed by atoms with Crippen LogP contribution in [0, 0.1) is 12.4 Å². The molecule has 8 rings (SSSR count). The molecule has 1 aliphatic heterocycles. The molecule has 0 fully saturated rings. The van der Waals surface area contributed by atoms with Gasteiger partial charge in [-0.2, -0.15) is 24.3 Å². The van der Waals surface area contributed by atoms with Crippen molar-refractivity contribution in [2.45, 2.75) is 0 Å². The first-order valence-corrected chi connectivity index (χ1v) is 12.7. The van der Waals surface area contributed by atoms with E-state index in [2.05, 4.69) is 64.3 Å². The maximum atomic E-state index is 6.29. The Labute approximate surface area is 244 Å². The molecule has 1 aliphatic rings. The van der Waals surface area contributed by atoms with E-state index in [4.69, 9.17) is 14.7 Å². The molecule has 0 spiro atoms. The number of anilines is 3. The minimum atomic E-state index is 0. The second-order valence-corrected chi connectivity index (χ2v) is 9.42. The van der Waals surface area contributed by atoms with E-state index >= 15 is 0 Å². The van der Waals surface area contributed by atoms with Crippen molar-refractivity contribution in [3.05, 3.63) is 122 Å². The van der Waals surface area contributed by atoms with Gasteiger partial charge in [0.1, 0.15) is 17.3 Å². The van der Waals surface area contributed by atoms with E-state index in [0.717, 1.165) is 50.7 Å². The maximum Gasteiger partial charge on any atom is 2.00 e. The van der Waals surface area contributed by atoms with Crippen molar-refractivity contribution in [3.63, 3.8) is 0 Å². The molecule has 0 amide bonds. The van der Waals surface area contributed by atoms with Crippen LogP contribution in [0.3, 0.4) is 0 Å². The SMILES string of the molecule is C[n+]1[c-]n(-c2ccc3c(n2)N(c2ccc4c5ccccc5n(-c5[c-]cccc5)c4n2)c2ccccc2O3)cc1.[Pt+2]. The minimum absolute atomic E-state index is 0. The van der Waals surface area contributed by atoms with E-state index < -0.39 is 0 Å². The number of pyridine rings is 2. The summed E-state index contributed by atoms with van der Waals surface area (Å²) in [4.78, 5) is 12.4. The van der Waals surface area contributed by atoms with Crippen LogP contribution in [0.25, 0.3) is 33.4 Å². The second-order valence-electron chi connectivity index (χ2n) is 9.42. The molecular formula is C32H21N6OPt+. The number of benzene rings is 3. The zero-order valence-electron chi connectivity index (χ0n) is 21.3. The summed E-state index contributed by atoms with van der Waals surface area (Å²) >= 11 is 0. The normalized spacial score (nSPS) is 12.1. The number of imidazole rings is 1. The van der Waals surface area contributed by atoms with Gasteiger partial charge in [0.2, 0.25) is 6.33 Å². The van der Waals surface area contributed by atoms with Gasteiger partial charge in [0, 0.05) is 23.2 Å². The first-order valence-electron chi connectivity index (χ1n) is 12.7. The fourth-order valence-corrected chi connectivity index (χ4v) is 5.24. The van der Waals surface area contributed by atoms with Crippen molar-refractivity contribution in [1.82, 2.24) is 19.1 Å². The molecule has 0 radical (unpaired) electrons. The van der Waals surface area contributed by atoms with Crippen LogP contribution in [-0.2, 0) is 28.1 Å². The molecule has 3 aromatic carbocycles. The molecule has 7 nitrogen and oxygen atoms in total. The average Bonchev–Trinajstić information content (AvgIpc) is 3.57. The second kappa shape index (κ2) is 9.47. The third-order valence-corrected chi connectivity index (χ3v) is 6.98. The van der Waals surface area contributed by atoms with Gasteiger partial charge in [0.25, 0.3) is 0 Å². The summed E-state index contributed by atoms with van der Waals surface area (Å²) in [6.45, 7) is 0. The van der Waals surface area contributed by atoms with Crippen LogP contribution in [0.5, 0.6) is 11.5 Å². The zero-order valence-corrected chi connectivity index (χ0v) is 23.6. The van der Waals surface area contributed by atoms with Crippen LogP contribution in [0.4, 0.5) is 17.3 Å². The molecule has 0 saturated heterocycles. The summed E-state index contributed by atoms with van der Waals surface area (Å²) in [6, 6.07) is 35.8. The quantitative estimate of drug-likeness (QED) is 0.159. The Morgan fingerprint density at radius 1 is 0.775 bits per heavy atom. The van der Waals surface area contributed by atoms with Crippen molar-refractivity contribution < 1.29 is 30.4 Å². The molecule has 40 heavy (non-hydrogen) atoms. The van der Waals surface area contributed by atoms with Crippen molar-refractivity contribution in [2.75, 3.05) is 4.90 Å². The fraction of sp³-hybridized carbons (Fsp3) is 0.0312. The van der Waals surface area contributed by atoms with Gasteiger partial charge < -0.3 is 18.4 Å². The van der Waals surface area contributed by atoms with Crippen LogP contribution in [0.2, 0.25) is 0 Å². The number of ether oxygens (including phenoxy) is 1. The van der Waals surface area contributed by atoms with Crippen molar-refractivity contribution >= 4 is 39.3 Å². The smallest absolute Gasteiger partial charge is 0.451 e. The fourth-order valence-electron chi connectivity index (χ4n) is 5.24. The van der Waals surface area contributed by atoms with Crippen LogP contribution >= 0.6 is 0 Å². The Balaban J connectivity index is 0.00000264. The number of hydrogen-bond acceptors (Lipinski definition) is 4. The maximum absolute atomic E-state index is 6.29. The van der Waals surface area contributed by atoms with Gasteiger partial charge in [0.15, 0.2) is 17.3 Å². The number of nitrogens with zero attached hydrogens (tertiary/aromatic N) is 6. The van der Waals surface area contributed by atoms with Crippen molar-refractivity contribution in [2.24, 2.45) is 7.05 Å². The van der Waals surface area contributed by atoms with Gasteiger partial charge in [-0.3, -0.25) is 4.90 Å². The van der Waals surface area contributed by atoms with Gasteiger partial charge in [-0.1, -0.05) is 36.0 Å². The van der Waals surface area contributed by atoms with Crippen molar-refractivity contribution in [3.8, 4) is 23.0 Å². The number of aromatic nitrogens is 5. The van der Waals surface area contributed by atoms with E-state index in [-0.39, 0.29) is 21.1 Å². The summed E-state index contributed by atoms with van der Waals surface area (Å²) in [5.41, 5.74) is 3.74. The number of aryl methyl sites for hydroxylation is 1. The predicted octanol–water partition coefficient (Wildman–Crippen LogP) is 6.36. The molecule has 0 atom stereocenters. The van der Waals surface area contributed by atoms with Crippen LogP contribution in [0.1, 0.15) is 0 Å². The molecule has 0 unspecified atom stereocenters. The van der Waals surface area contributed by atoms with Gasteiger partial charge in [-0.15, -0.1) is 6.07 Å². The van der Waals surface area contributed by atoms with E-state index in [1.165, 1.54) is 0 Å². The Morgan fingerprint density at radius 2 is 1.60 bits per heavy atom. The van der Waals surface area contributed by atoms with E-state index in [1.54, 1.807) is 0 Å². The minimum Gasteiger partial charge on any atom is -0.451 e. The first kappa shape index (κ1) is 24.3. The van der Waals surface area contributed by atoms with E-state index in [1.807, 2.05) is 83.2 Å². The van der Waals surface area contributed by atoms with Crippen LogP contribution in [-0.4, -0.2) is 19.1 Å². The molecule has 7 aromatic rings. The summed E-state index contributed by atoms with van der Waals surface area (Å²) in [6.07, 6.45) is 7.08. The number of rotatable bonds is 3. The first-order chi connectivity index (χ1) is 19.2. The number of para-hydroxylation sites is 4. The predicted molar refractivity (Wildman–Crippen MR) is 149 cm³/mol. The van der Waals surface area contributed by atoms with Crippen LogP contribution < -0.4 is 14.2 Å². The third kappa shape index (κ3) is 3.74. The Bertz CT molecular complexity index is 2030. The largest absolute Gasteiger partial charge is 2.00 e. The van der Waals surface area contributed by atoms with Gasteiger partial charge in [-0.25, -0.2) is 9.97 Å². The molecule has 0 aliphatic carbocycles. The monoisotopic (exact) mass is 700 g/mol. The number of hydrogen-bond donors (Lipinski definition) is 0. The standard InChI is InChI=1S/C32H21N6O.Pt/c1-35-19-20-36(21-35)29-18-16-28-32(33-29)38(26-13-7-8-14-27(26)39-28)30-17-15-24-23-11-5-6-12-25(23)37(31(24)34-30)22-9-3-2-4-10-22;/h2-9,11-20H,1H3;/q-1;+2. The third-order valence-electron chi connectivity index (χ3n) is 6.98. The average molecular weight is 701 g/mol. The molecule has 0 bridgehead atoms. The Hall–Kier alpha value is -4.74. The van der Waals surface area contributed by atoms with Gasteiger partial charge >= 0.3 is 21.1 Å². The molecule has 4 aromatic heterocycles. The molecular weight excluding hydrogens is 679 g/mol. The Morgan fingerprint density at radius 3 is 2.45 bits per heavy atom. The summed E-state index contributed by atoms with van der Waals surface area (Å²) in [7, 11) is 1.93. The van der Waals surface area contributed by atoms with Crippen LogP contribution in [0.15, 0.2) is 109 Å². The molecule has 0 N–H and O–H groups in total. The van der Waals surface area contributed by atoms with Gasteiger partial charge in [0.05, 0.1) is 18.3 Å². The van der Waals surface area contributed by atoms with E-state index in [0.29, 0.717) is 11.6 Å². The van der Waals surface area contributed by atoms with E-state index in [9.17, 15) is 0 Å². The Kier molecular flexibility index (Phi) is 5.75. The number of fused-ring (bicyclic) bond motifs is 5. The topological polar surface area (TPSA) is 52.0 Å². The molecule has 194 valence electrons. The molecule has 8 heteroatoms. The van der Waals surface area contributed by atoms with Crippen molar-refractivity contribution in [1.29, 1.82) is 0 Å². The summed E-state index contributed by atoms with van der Waals surface area (Å²) < 4.78 is 12.2. The molecule has 0 saturated carbocycles. The summed E-state index contributed by atoms with van der Waals surface area (Å²) in [5.74, 6) is 3.55.